The van der Waals surface area contributed by atoms with E-state index in [4.69, 9.17) is 4.99 Å². The second-order valence-corrected chi connectivity index (χ2v) is 7.13. The summed E-state index contributed by atoms with van der Waals surface area (Å²) in [4.78, 5) is 32.6. The van der Waals surface area contributed by atoms with Crippen molar-refractivity contribution >= 4 is 35.3 Å². The van der Waals surface area contributed by atoms with Gasteiger partial charge in [0.15, 0.2) is 12.0 Å². The van der Waals surface area contributed by atoms with Gasteiger partial charge in [0.05, 0.1) is 12.5 Å². The van der Waals surface area contributed by atoms with Crippen molar-refractivity contribution < 1.29 is 18.6 Å². The van der Waals surface area contributed by atoms with Gasteiger partial charge in [-0.2, -0.15) is 4.58 Å². The molecule has 1 saturated heterocycles. The number of imide groups is 1. The van der Waals surface area contributed by atoms with Gasteiger partial charge in [-0.25, -0.2) is 9.38 Å². The van der Waals surface area contributed by atoms with Crippen molar-refractivity contribution in [1.82, 2.24) is 10.6 Å². The third kappa shape index (κ3) is 3.06. The Labute approximate surface area is 160 Å². The Morgan fingerprint density at radius 2 is 2.11 bits per heavy atom. The summed E-state index contributed by atoms with van der Waals surface area (Å²) in [5.41, 5.74) is 2.47. The highest BCUT2D eigenvalue weighted by molar-refractivity contribution is 6.36. The van der Waals surface area contributed by atoms with Gasteiger partial charge < -0.3 is 5.32 Å². The Morgan fingerprint density at radius 3 is 2.82 bits per heavy atom. The molecule has 4 aliphatic rings. The number of halogens is 1. The van der Waals surface area contributed by atoms with Crippen LogP contribution in [0.15, 0.2) is 52.1 Å². The Morgan fingerprint density at radius 1 is 1.25 bits per heavy atom. The van der Waals surface area contributed by atoms with Crippen molar-refractivity contribution in [3.8, 4) is 0 Å². The van der Waals surface area contributed by atoms with Gasteiger partial charge in [-0.1, -0.05) is 12.1 Å². The van der Waals surface area contributed by atoms with Gasteiger partial charge in [0, 0.05) is 17.2 Å². The Kier molecular flexibility index (Phi) is 3.78. The summed E-state index contributed by atoms with van der Waals surface area (Å²) in [5, 5.41) is 5.57. The predicted octanol–water partition coefficient (Wildman–Crippen LogP) is 1.13. The van der Waals surface area contributed by atoms with Crippen LogP contribution in [0.1, 0.15) is 24.8 Å². The highest BCUT2D eigenvalue weighted by atomic mass is 19.1. The number of rotatable bonds is 3. The summed E-state index contributed by atoms with van der Waals surface area (Å²) in [5.74, 6) is -0.324. The zero-order valence-electron chi connectivity index (χ0n) is 14.9. The summed E-state index contributed by atoms with van der Waals surface area (Å²) in [6.07, 6.45) is 6.96. The number of aliphatic imine (C=N–C) groups is 2. The van der Waals surface area contributed by atoms with Crippen LogP contribution in [0.3, 0.4) is 0 Å². The molecule has 0 radical (unpaired) electrons. The van der Waals surface area contributed by atoms with Crippen LogP contribution < -0.4 is 10.6 Å². The van der Waals surface area contributed by atoms with E-state index in [2.05, 4.69) is 15.6 Å². The number of fused-ring (bicyclic) bond motifs is 1. The fraction of sp³-hybridized carbons (Fsp3) is 0.250. The minimum absolute atomic E-state index is 0.0520. The van der Waals surface area contributed by atoms with Crippen molar-refractivity contribution in [2.45, 2.75) is 31.5 Å². The lowest BCUT2D eigenvalue weighted by Gasteiger charge is -2.19. The third-order valence-electron chi connectivity index (χ3n) is 4.91. The molecule has 1 aromatic rings. The summed E-state index contributed by atoms with van der Waals surface area (Å²) in [6.45, 7) is 0. The second-order valence-electron chi connectivity index (χ2n) is 7.13. The van der Waals surface area contributed by atoms with Gasteiger partial charge >= 0.3 is 6.17 Å². The Balaban J connectivity index is 1.60. The first-order valence-electron chi connectivity index (χ1n) is 9.12. The minimum atomic E-state index is -0.384. The lowest BCUT2D eigenvalue weighted by Crippen LogP contribution is -2.43. The van der Waals surface area contributed by atoms with Crippen molar-refractivity contribution in [3.63, 3.8) is 0 Å². The molecule has 7 nitrogen and oxygen atoms in total. The van der Waals surface area contributed by atoms with Crippen LogP contribution in [0.5, 0.6) is 0 Å². The molecule has 0 bridgehead atoms. The van der Waals surface area contributed by atoms with E-state index in [-0.39, 0.29) is 36.3 Å². The first-order valence-corrected chi connectivity index (χ1v) is 9.12. The largest absolute Gasteiger partial charge is 0.331 e. The Bertz CT molecular complexity index is 1060. The maximum Gasteiger partial charge on any atom is 0.310 e. The summed E-state index contributed by atoms with van der Waals surface area (Å²) in [6, 6.07) is 6.60. The highest BCUT2D eigenvalue weighted by Gasteiger charge is 2.39. The van der Waals surface area contributed by atoms with E-state index in [1.54, 1.807) is 18.4 Å². The topological polar surface area (TPSA) is 85.9 Å². The molecule has 140 valence electrons. The maximum atomic E-state index is 13.7. The fourth-order valence-corrected chi connectivity index (χ4v) is 3.36. The van der Waals surface area contributed by atoms with Crippen LogP contribution >= 0.6 is 0 Å². The smallest absolute Gasteiger partial charge is 0.310 e. The van der Waals surface area contributed by atoms with Crippen molar-refractivity contribution in [2.75, 3.05) is 0 Å². The van der Waals surface area contributed by atoms with Crippen LogP contribution in [0.2, 0.25) is 0 Å². The zero-order valence-corrected chi connectivity index (χ0v) is 14.9. The van der Waals surface area contributed by atoms with Crippen LogP contribution in [-0.4, -0.2) is 46.4 Å². The molecule has 1 aliphatic carbocycles. The average Bonchev–Trinajstić information content (AvgIpc) is 3.30. The molecular formula is C20H17FN5O2+. The molecule has 0 aromatic heterocycles. The maximum absolute atomic E-state index is 13.7. The number of nitrogens with zero attached hydrogens (tertiary/aromatic N) is 3. The molecule has 3 aliphatic heterocycles. The average molecular weight is 378 g/mol. The zero-order chi connectivity index (χ0) is 19.3. The van der Waals surface area contributed by atoms with Crippen LogP contribution in [0, 0.1) is 5.82 Å². The lowest BCUT2D eigenvalue weighted by atomic mass is 10.1. The molecule has 2 fully saturated rings. The summed E-state index contributed by atoms with van der Waals surface area (Å²) < 4.78 is 15.6. The molecule has 2 amide bonds. The third-order valence-corrected chi connectivity index (χ3v) is 4.91. The number of carbonyl (C=O) groups is 2. The molecular weight excluding hydrogens is 361 g/mol. The van der Waals surface area contributed by atoms with Gasteiger partial charge in [-0.15, -0.1) is 0 Å². The normalized spacial score (nSPS) is 26.6. The minimum Gasteiger partial charge on any atom is -0.331 e. The molecule has 2 N–H and O–H groups in total. The molecule has 1 aromatic carbocycles. The first-order chi connectivity index (χ1) is 13.6. The molecule has 8 heteroatoms. The lowest BCUT2D eigenvalue weighted by molar-refractivity contribution is -0.473. The summed E-state index contributed by atoms with van der Waals surface area (Å²) in [7, 11) is 0. The predicted molar refractivity (Wildman–Crippen MR) is 101 cm³/mol. The van der Waals surface area contributed by atoms with E-state index in [1.165, 1.54) is 12.1 Å². The molecule has 1 atom stereocenters. The number of carbonyl (C=O) groups excluding carboxylic acids is 2. The van der Waals surface area contributed by atoms with E-state index < -0.39 is 0 Å². The van der Waals surface area contributed by atoms with Crippen molar-refractivity contribution in [2.24, 2.45) is 9.98 Å². The molecule has 3 heterocycles. The second kappa shape index (κ2) is 6.33. The van der Waals surface area contributed by atoms with Gasteiger partial charge in [0.1, 0.15) is 17.7 Å². The van der Waals surface area contributed by atoms with E-state index in [0.717, 1.165) is 12.8 Å². The van der Waals surface area contributed by atoms with E-state index in [0.29, 0.717) is 28.4 Å². The standard InChI is InChI=1S/C20H16FN5O2/c21-13-3-1-2-11(6-13)16-10-26-15(7-12-8-17(27)25-20(12)28)9-22-19(26)18(24-16)23-14-4-5-14/h1-3,6-7,9-10,14,19H,4-5,8H2,(H-,22,23,24,25,27,28)/p+1. The van der Waals surface area contributed by atoms with Crippen LogP contribution in [0.25, 0.3) is 5.70 Å². The van der Waals surface area contributed by atoms with Crippen LogP contribution in [0.4, 0.5) is 4.39 Å². The first kappa shape index (κ1) is 16.7. The summed E-state index contributed by atoms with van der Waals surface area (Å²) >= 11 is 0. The van der Waals surface area contributed by atoms with Gasteiger partial charge in [0.25, 0.3) is 5.91 Å². The highest BCUT2D eigenvalue weighted by Crippen LogP contribution is 2.27. The number of hydrogen-bond donors (Lipinski definition) is 2. The van der Waals surface area contributed by atoms with Crippen molar-refractivity contribution in [3.05, 3.63) is 53.5 Å². The number of nitrogens with one attached hydrogen (secondary N) is 2. The molecule has 1 saturated carbocycles. The molecule has 1 unspecified atom stereocenters. The number of allylic oxidation sites excluding steroid dienone is 1. The van der Waals surface area contributed by atoms with E-state index >= 15 is 0 Å². The number of amides is 2. The van der Waals surface area contributed by atoms with E-state index in [9.17, 15) is 14.0 Å². The quantitative estimate of drug-likeness (QED) is 0.470. The number of hydrogen-bond acceptors (Lipinski definition) is 4. The Hall–Kier alpha value is -3.42. The van der Waals surface area contributed by atoms with E-state index in [1.807, 2.05) is 16.8 Å². The van der Waals surface area contributed by atoms with Gasteiger partial charge in [0.2, 0.25) is 11.6 Å². The number of benzene rings is 1. The molecule has 5 rings (SSSR count). The van der Waals surface area contributed by atoms with Gasteiger partial charge in [-0.05, 0) is 25.0 Å². The number of amidine groups is 1. The van der Waals surface area contributed by atoms with Crippen LogP contribution in [-0.2, 0) is 9.59 Å². The van der Waals surface area contributed by atoms with Crippen molar-refractivity contribution in [1.29, 1.82) is 0 Å². The molecule has 0 spiro atoms. The monoisotopic (exact) mass is 378 g/mol. The van der Waals surface area contributed by atoms with Gasteiger partial charge in [-0.3, -0.25) is 19.9 Å². The molecule has 28 heavy (non-hydrogen) atoms. The fourth-order valence-electron chi connectivity index (χ4n) is 3.36. The SMILES string of the molecule is O=C1C/C(=C\C2=[N+]3C=C(c4cccc(F)c4)NC(=NC4CC4)C3N=C2)C(=O)N1.